The van der Waals surface area contributed by atoms with Crippen LogP contribution in [0.3, 0.4) is 0 Å². The van der Waals surface area contributed by atoms with Gasteiger partial charge in [-0.3, -0.25) is 9.80 Å². The first-order valence-electron chi connectivity index (χ1n) is 9.16. The van der Waals surface area contributed by atoms with Gasteiger partial charge in [0, 0.05) is 57.0 Å². The van der Waals surface area contributed by atoms with E-state index in [2.05, 4.69) is 73.2 Å². The minimum absolute atomic E-state index is 0.888. The fraction of sp³-hybridized carbons (Fsp3) is 0.400. The molecule has 0 atom stereocenters. The van der Waals surface area contributed by atoms with Crippen LogP contribution in [-0.2, 0) is 19.6 Å². The van der Waals surface area contributed by atoms with Crippen LogP contribution in [0.1, 0.15) is 22.1 Å². The Balaban J connectivity index is 1.30. The second-order valence-corrected chi connectivity index (χ2v) is 7.93. The second-order valence-electron chi connectivity index (χ2n) is 6.87. The molecular formula is C20H25N5S. The molecule has 5 nitrogen and oxygen atoms in total. The number of benzene rings is 1. The molecule has 1 aliphatic rings. The number of nitrogens with zero attached hydrogens (tertiary/aromatic N) is 5. The van der Waals surface area contributed by atoms with Crippen molar-refractivity contribution in [3.63, 3.8) is 0 Å². The molecule has 0 bridgehead atoms. The summed E-state index contributed by atoms with van der Waals surface area (Å²) in [4.78, 5) is 14.2. The van der Waals surface area contributed by atoms with Crippen LogP contribution in [0.2, 0.25) is 0 Å². The summed E-state index contributed by atoms with van der Waals surface area (Å²) in [7, 11) is 0. The molecule has 136 valence electrons. The van der Waals surface area contributed by atoms with Crippen LogP contribution in [0.5, 0.6) is 0 Å². The maximum absolute atomic E-state index is 4.60. The first-order chi connectivity index (χ1) is 12.8. The zero-order chi connectivity index (χ0) is 17.8. The van der Waals surface area contributed by atoms with Gasteiger partial charge < -0.3 is 4.57 Å². The average Bonchev–Trinajstić information content (AvgIpc) is 3.26. The summed E-state index contributed by atoms with van der Waals surface area (Å²) < 4.78 is 2.26. The zero-order valence-corrected chi connectivity index (χ0v) is 16.0. The summed E-state index contributed by atoms with van der Waals surface area (Å²) in [6, 6.07) is 10.6. The molecule has 1 saturated heterocycles. The third-order valence-electron chi connectivity index (χ3n) is 4.88. The topological polar surface area (TPSA) is 37.2 Å². The van der Waals surface area contributed by atoms with E-state index in [4.69, 9.17) is 0 Å². The molecule has 3 aromatic rings. The Hall–Kier alpha value is -2.02. The van der Waals surface area contributed by atoms with Crippen LogP contribution >= 0.6 is 11.3 Å². The van der Waals surface area contributed by atoms with Gasteiger partial charge in [0.25, 0.3) is 0 Å². The summed E-state index contributed by atoms with van der Waals surface area (Å²) in [5.74, 6) is 1.15. The van der Waals surface area contributed by atoms with Gasteiger partial charge in [0.2, 0.25) is 0 Å². The molecule has 26 heavy (non-hydrogen) atoms. The Bertz CT molecular complexity index is 818. The van der Waals surface area contributed by atoms with E-state index in [0.29, 0.717) is 0 Å². The highest BCUT2D eigenvalue weighted by Crippen LogP contribution is 2.14. The highest BCUT2D eigenvalue weighted by Gasteiger charge is 2.19. The SMILES string of the molecule is Cc1nc(CN2CCN(Cc3nccn3Cc3ccccc3)CC2)cs1. The fourth-order valence-corrected chi connectivity index (χ4v) is 4.04. The minimum Gasteiger partial charge on any atom is -0.329 e. The zero-order valence-electron chi connectivity index (χ0n) is 15.2. The summed E-state index contributed by atoms with van der Waals surface area (Å²) in [6.45, 7) is 9.21. The molecule has 1 aliphatic heterocycles. The summed E-state index contributed by atoms with van der Waals surface area (Å²) in [5.41, 5.74) is 2.52. The van der Waals surface area contributed by atoms with Gasteiger partial charge in [0.05, 0.1) is 17.2 Å². The fourth-order valence-electron chi connectivity index (χ4n) is 3.43. The van der Waals surface area contributed by atoms with E-state index in [-0.39, 0.29) is 0 Å². The number of thiazole rings is 1. The van der Waals surface area contributed by atoms with Crippen LogP contribution in [0, 0.1) is 6.92 Å². The summed E-state index contributed by atoms with van der Waals surface area (Å²) >= 11 is 1.74. The molecule has 3 heterocycles. The summed E-state index contributed by atoms with van der Waals surface area (Å²) in [6.07, 6.45) is 4.00. The van der Waals surface area contributed by atoms with Gasteiger partial charge in [0.1, 0.15) is 5.82 Å². The summed E-state index contributed by atoms with van der Waals surface area (Å²) in [5, 5.41) is 3.34. The van der Waals surface area contributed by atoms with E-state index < -0.39 is 0 Å². The minimum atomic E-state index is 0.888. The number of aryl methyl sites for hydroxylation is 1. The van der Waals surface area contributed by atoms with Crippen molar-refractivity contribution in [2.45, 2.75) is 26.6 Å². The highest BCUT2D eigenvalue weighted by atomic mass is 32.1. The van der Waals surface area contributed by atoms with Gasteiger partial charge in [-0.25, -0.2) is 9.97 Å². The van der Waals surface area contributed by atoms with E-state index in [1.54, 1.807) is 11.3 Å². The lowest BCUT2D eigenvalue weighted by Gasteiger charge is -2.34. The molecule has 1 aromatic carbocycles. The van der Waals surface area contributed by atoms with Crippen LogP contribution < -0.4 is 0 Å². The second kappa shape index (κ2) is 8.12. The van der Waals surface area contributed by atoms with E-state index in [1.807, 2.05) is 6.20 Å². The lowest BCUT2D eigenvalue weighted by molar-refractivity contribution is 0.118. The largest absolute Gasteiger partial charge is 0.329 e. The molecule has 1 fully saturated rings. The lowest BCUT2D eigenvalue weighted by Crippen LogP contribution is -2.45. The van der Waals surface area contributed by atoms with Crippen molar-refractivity contribution < 1.29 is 0 Å². The van der Waals surface area contributed by atoms with Gasteiger partial charge in [-0.1, -0.05) is 30.3 Å². The van der Waals surface area contributed by atoms with Crippen LogP contribution in [0.4, 0.5) is 0 Å². The standard InChI is InChI=1S/C20H25N5S/c1-17-22-19(16-26-17)14-23-9-11-24(12-10-23)15-20-21-7-8-25(20)13-18-5-3-2-4-6-18/h2-8,16H,9-15H2,1H3. The molecule has 2 aromatic heterocycles. The Morgan fingerprint density at radius 3 is 2.38 bits per heavy atom. The van der Waals surface area contributed by atoms with E-state index >= 15 is 0 Å². The molecule has 0 aliphatic carbocycles. The van der Waals surface area contributed by atoms with Crippen LogP contribution in [0.25, 0.3) is 0 Å². The number of rotatable bonds is 6. The van der Waals surface area contributed by atoms with Gasteiger partial charge in [0.15, 0.2) is 0 Å². The third-order valence-corrected chi connectivity index (χ3v) is 5.70. The van der Waals surface area contributed by atoms with Gasteiger partial charge in [-0.2, -0.15) is 0 Å². The normalized spacial score (nSPS) is 16.2. The monoisotopic (exact) mass is 367 g/mol. The first-order valence-corrected chi connectivity index (χ1v) is 10.0. The number of imidazole rings is 1. The van der Waals surface area contributed by atoms with E-state index in [0.717, 1.165) is 56.6 Å². The molecule has 6 heteroatoms. The van der Waals surface area contributed by atoms with Gasteiger partial charge in [-0.15, -0.1) is 11.3 Å². The van der Waals surface area contributed by atoms with Crippen LogP contribution in [0.15, 0.2) is 48.1 Å². The molecule has 0 radical (unpaired) electrons. The first kappa shape index (κ1) is 17.4. The van der Waals surface area contributed by atoms with Gasteiger partial charge in [-0.05, 0) is 12.5 Å². The lowest BCUT2D eigenvalue weighted by atomic mass is 10.2. The van der Waals surface area contributed by atoms with Crippen molar-refractivity contribution in [2.24, 2.45) is 0 Å². The smallest absolute Gasteiger partial charge is 0.123 e. The maximum atomic E-state index is 4.60. The van der Waals surface area contributed by atoms with Crippen molar-refractivity contribution in [3.05, 3.63) is 70.2 Å². The molecule has 0 unspecified atom stereocenters. The van der Waals surface area contributed by atoms with Gasteiger partial charge >= 0.3 is 0 Å². The molecule has 0 N–H and O–H groups in total. The molecule has 4 rings (SSSR count). The number of piperazine rings is 1. The molecular weight excluding hydrogens is 342 g/mol. The van der Waals surface area contributed by atoms with Crippen molar-refractivity contribution in [3.8, 4) is 0 Å². The predicted octanol–water partition coefficient (Wildman–Crippen LogP) is 3.01. The Labute approximate surface area is 158 Å². The van der Waals surface area contributed by atoms with E-state index in [9.17, 15) is 0 Å². The van der Waals surface area contributed by atoms with Crippen molar-refractivity contribution in [2.75, 3.05) is 26.2 Å². The Morgan fingerprint density at radius 1 is 0.962 bits per heavy atom. The highest BCUT2D eigenvalue weighted by molar-refractivity contribution is 7.09. The quantitative estimate of drug-likeness (QED) is 0.671. The number of hydrogen-bond acceptors (Lipinski definition) is 5. The Kier molecular flexibility index (Phi) is 5.43. The van der Waals surface area contributed by atoms with Crippen LogP contribution in [-0.4, -0.2) is 50.5 Å². The van der Waals surface area contributed by atoms with E-state index in [1.165, 1.54) is 11.3 Å². The van der Waals surface area contributed by atoms with Crippen molar-refractivity contribution >= 4 is 11.3 Å². The molecule has 0 spiro atoms. The maximum Gasteiger partial charge on any atom is 0.123 e. The Morgan fingerprint density at radius 2 is 1.69 bits per heavy atom. The third kappa shape index (κ3) is 4.38. The number of hydrogen-bond donors (Lipinski definition) is 0. The number of aromatic nitrogens is 3. The molecule has 0 saturated carbocycles. The molecule has 0 amide bonds. The predicted molar refractivity (Wildman–Crippen MR) is 105 cm³/mol. The van der Waals surface area contributed by atoms with Crippen molar-refractivity contribution in [1.82, 2.24) is 24.3 Å². The average molecular weight is 368 g/mol. The van der Waals surface area contributed by atoms with Crippen molar-refractivity contribution in [1.29, 1.82) is 0 Å².